The molecule has 1 aromatic carbocycles. The highest BCUT2D eigenvalue weighted by Crippen LogP contribution is 2.23. The van der Waals surface area contributed by atoms with Crippen LogP contribution in [0.2, 0.25) is 5.02 Å². The van der Waals surface area contributed by atoms with E-state index in [0.717, 1.165) is 11.3 Å². The maximum atomic E-state index is 12.4. The predicted molar refractivity (Wildman–Crippen MR) is 93.8 cm³/mol. The van der Waals surface area contributed by atoms with Crippen LogP contribution in [0, 0.1) is 6.92 Å². The summed E-state index contributed by atoms with van der Waals surface area (Å²) in [7, 11) is -3.48. The van der Waals surface area contributed by atoms with Crippen LogP contribution in [-0.4, -0.2) is 30.8 Å². The van der Waals surface area contributed by atoms with Gasteiger partial charge in [-0.25, -0.2) is 13.4 Å². The third-order valence-corrected chi connectivity index (χ3v) is 5.80. The van der Waals surface area contributed by atoms with Gasteiger partial charge in [0, 0.05) is 30.0 Å². The van der Waals surface area contributed by atoms with Gasteiger partial charge >= 0.3 is 0 Å². The molecule has 0 saturated carbocycles. The van der Waals surface area contributed by atoms with Crippen molar-refractivity contribution in [2.75, 3.05) is 18.4 Å². The second-order valence-corrected chi connectivity index (χ2v) is 7.43. The van der Waals surface area contributed by atoms with E-state index >= 15 is 0 Å². The molecular weight excluding hydrogens is 334 g/mol. The highest BCUT2D eigenvalue weighted by atomic mass is 35.5. The van der Waals surface area contributed by atoms with Crippen molar-refractivity contribution in [1.82, 2.24) is 9.29 Å². The maximum absolute atomic E-state index is 12.4. The molecule has 2 rings (SSSR count). The molecule has 0 aliphatic heterocycles. The summed E-state index contributed by atoms with van der Waals surface area (Å²) in [5.74, 6) is 0.578. The zero-order chi connectivity index (χ0) is 17.0. The molecule has 1 heterocycles. The van der Waals surface area contributed by atoms with Gasteiger partial charge in [0.2, 0.25) is 10.0 Å². The van der Waals surface area contributed by atoms with Crippen molar-refractivity contribution in [3.63, 3.8) is 0 Å². The summed E-state index contributed by atoms with van der Waals surface area (Å²) in [5.41, 5.74) is 1.86. The summed E-state index contributed by atoms with van der Waals surface area (Å²) in [5, 5.41) is 3.83. The second-order valence-electron chi connectivity index (χ2n) is 5.05. The van der Waals surface area contributed by atoms with Crippen LogP contribution >= 0.6 is 11.6 Å². The number of hydrogen-bond acceptors (Lipinski definition) is 4. The number of pyridine rings is 1. The number of nitrogens with zero attached hydrogens (tertiary/aromatic N) is 2. The van der Waals surface area contributed by atoms with Crippen LogP contribution in [0.5, 0.6) is 0 Å². The van der Waals surface area contributed by atoms with Crippen molar-refractivity contribution >= 4 is 33.1 Å². The molecule has 0 spiro atoms. The Morgan fingerprint density at radius 2 is 1.87 bits per heavy atom. The number of hydrogen-bond donors (Lipinski definition) is 1. The molecule has 0 aliphatic rings. The smallest absolute Gasteiger partial charge is 0.244 e. The summed E-state index contributed by atoms with van der Waals surface area (Å²) >= 11 is 5.93. The van der Waals surface area contributed by atoms with Crippen LogP contribution < -0.4 is 5.32 Å². The second kappa shape index (κ2) is 7.29. The average Bonchev–Trinajstić information content (AvgIpc) is 2.51. The van der Waals surface area contributed by atoms with Gasteiger partial charge in [-0.3, -0.25) is 0 Å². The van der Waals surface area contributed by atoms with Gasteiger partial charge < -0.3 is 5.32 Å². The Hall–Kier alpha value is -1.63. The lowest BCUT2D eigenvalue weighted by Crippen LogP contribution is -2.30. The molecule has 23 heavy (non-hydrogen) atoms. The molecule has 0 radical (unpaired) electrons. The number of benzene rings is 1. The summed E-state index contributed by atoms with van der Waals surface area (Å²) in [6.45, 7) is 6.43. The van der Waals surface area contributed by atoms with E-state index in [1.807, 2.05) is 32.9 Å². The number of anilines is 2. The summed E-state index contributed by atoms with van der Waals surface area (Å²) in [6.07, 6.45) is 1.38. The summed E-state index contributed by atoms with van der Waals surface area (Å²) in [4.78, 5) is 4.40. The Labute approximate surface area is 142 Å². The van der Waals surface area contributed by atoms with E-state index < -0.39 is 10.0 Å². The Morgan fingerprint density at radius 1 is 1.17 bits per heavy atom. The number of nitrogens with one attached hydrogen (secondary N) is 1. The fourth-order valence-corrected chi connectivity index (χ4v) is 3.86. The molecule has 7 heteroatoms. The van der Waals surface area contributed by atoms with Gasteiger partial charge in [-0.1, -0.05) is 25.4 Å². The molecule has 0 atom stereocenters. The number of sulfonamides is 1. The van der Waals surface area contributed by atoms with Gasteiger partial charge in [0.05, 0.1) is 0 Å². The molecule has 0 bridgehead atoms. The zero-order valence-corrected chi connectivity index (χ0v) is 14.9. The first-order valence-corrected chi connectivity index (χ1v) is 9.19. The van der Waals surface area contributed by atoms with E-state index in [2.05, 4.69) is 10.3 Å². The molecule has 0 amide bonds. The number of rotatable bonds is 6. The fourth-order valence-electron chi connectivity index (χ4n) is 2.22. The van der Waals surface area contributed by atoms with Gasteiger partial charge in [0.1, 0.15) is 10.7 Å². The van der Waals surface area contributed by atoms with Crippen molar-refractivity contribution in [2.45, 2.75) is 25.7 Å². The van der Waals surface area contributed by atoms with E-state index in [4.69, 9.17) is 11.6 Å². The third-order valence-electron chi connectivity index (χ3n) is 3.53. The SMILES string of the molecule is CCN(CC)S(=O)(=O)c1ccc(Nc2ccc(Cl)cc2C)nc1. The minimum Gasteiger partial charge on any atom is -0.340 e. The Bertz CT molecular complexity index is 772. The van der Waals surface area contributed by atoms with E-state index in [0.29, 0.717) is 23.9 Å². The Kier molecular flexibility index (Phi) is 5.62. The molecule has 0 fully saturated rings. The van der Waals surface area contributed by atoms with Gasteiger partial charge in [0.15, 0.2) is 0 Å². The van der Waals surface area contributed by atoms with Crippen molar-refractivity contribution in [3.8, 4) is 0 Å². The van der Waals surface area contributed by atoms with Crippen molar-refractivity contribution in [2.24, 2.45) is 0 Å². The molecular formula is C16H20ClN3O2S. The van der Waals surface area contributed by atoms with E-state index in [1.165, 1.54) is 10.5 Å². The number of aryl methyl sites for hydroxylation is 1. The normalized spacial score (nSPS) is 11.7. The lowest BCUT2D eigenvalue weighted by Gasteiger charge is -2.18. The Balaban J connectivity index is 2.23. The van der Waals surface area contributed by atoms with E-state index in [1.54, 1.807) is 18.2 Å². The summed E-state index contributed by atoms with van der Waals surface area (Å²) < 4.78 is 26.2. The monoisotopic (exact) mass is 353 g/mol. The molecule has 1 N–H and O–H groups in total. The van der Waals surface area contributed by atoms with Crippen molar-refractivity contribution in [1.29, 1.82) is 0 Å². The molecule has 2 aromatic rings. The highest BCUT2D eigenvalue weighted by Gasteiger charge is 2.21. The molecule has 0 aliphatic carbocycles. The quantitative estimate of drug-likeness (QED) is 0.857. The van der Waals surface area contributed by atoms with Gasteiger partial charge in [0.25, 0.3) is 0 Å². The first kappa shape index (κ1) is 17.7. The standard InChI is InChI=1S/C16H20ClN3O2S/c1-4-20(5-2)23(21,22)14-7-9-16(18-11-14)19-15-8-6-13(17)10-12(15)3/h6-11H,4-5H2,1-3H3,(H,18,19). The van der Waals surface area contributed by atoms with Crippen LogP contribution in [0.4, 0.5) is 11.5 Å². The maximum Gasteiger partial charge on any atom is 0.244 e. The minimum absolute atomic E-state index is 0.194. The lowest BCUT2D eigenvalue weighted by molar-refractivity contribution is 0.445. The topological polar surface area (TPSA) is 62.3 Å². The van der Waals surface area contributed by atoms with Gasteiger partial charge in [-0.15, -0.1) is 0 Å². The van der Waals surface area contributed by atoms with Crippen LogP contribution in [0.3, 0.4) is 0 Å². The van der Waals surface area contributed by atoms with Crippen LogP contribution in [-0.2, 0) is 10.0 Å². The van der Waals surface area contributed by atoms with E-state index in [9.17, 15) is 8.42 Å². The lowest BCUT2D eigenvalue weighted by atomic mass is 10.2. The van der Waals surface area contributed by atoms with E-state index in [-0.39, 0.29) is 4.90 Å². The first-order valence-electron chi connectivity index (χ1n) is 7.37. The number of aromatic nitrogens is 1. The Morgan fingerprint density at radius 3 is 2.39 bits per heavy atom. The first-order chi connectivity index (χ1) is 10.9. The van der Waals surface area contributed by atoms with Crippen LogP contribution in [0.15, 0.2) is 41.4 Å². The number of halogens is 1. The average molecular weight is 354 g/mol. The van der Waals surface area contributed by atoms with Crippen LogP contribution in [0.25, 0.3) is 0 Å². The molecule has 0 saturated heterocycles. The van der Waals surface area contributed by atoms with Gasteiger partial charge in [-0.05, 0) is 42.8 Å². The van der Waals surface area contributed by atoms with Gasteiger partial charge in [-0.2, -0.15) is 4.31 Å². The predicted octanol–water partition coefficient (Wildman–Crippen LogP) is 3.82. The molecule has 124 valence electrons. The zero-order valence-electron chi connectivity index (χ0n) is 13.4. The largest absolute Gasteiger partial charge is 0.340 e. The molecule has 0 unspecified atom stereocenters. The van der Waals surface area contributed by atoms with Crippen molar-refractivity contribution in [3.05, 3.63) is 47.1 Å². The summed E-state index contributed by atoms with van der Waals surface area (Å²) in [6, 6.07) is 8.72. The third kappa shape index (κ3) is 4.02. The minimum atomic E-state index is -3.48. The van der Waals surface area contributed by atoms with Crippen LogP contribution in [0.1, 0.15) is 19.4 Å². The molecule has 5 nitrogen and oxygen atoms in total. The fraction of sp³-hybridized carbons (Fsp3) is 0.312. The highest BCUT2D eigenvalue weighted by molar-refractivity contribution is 7.89. The molecule has 1 aromatic heterocycles. The van der Waals surface area contributed by atoms with Crippen molar-refractivity contribution < 1.29 is 8.42 Å².